The fourth-order valence-electron chi connectivity index (χ4n) is 1.37. The van der Waals surface area contributed by atoms with Crippen LogP contribution in [0.3, 0.4) is 0 Å². The van der Waals surface area contributed by atoms with E-state index in [4.69, 9.17) is 9.84 Å². The van der Waals surface area contributed by atoms with E-state index in [9.17, 15) is 9.90 Å². The van der Waals surface area contributed by atoms with Crippen LogP contribution in [0.15, 0.2) is 24.8 Å². The smallest absolute Gasteiger partial charge is 0.335 e. The molecule has 1 aromatic rings. The number of aromatic carboxylic acids is 1. The molecule has 0 aliphatic rings. The van der Waals surface area contributed by atoms with Gasteiger partial charge in [0, 0.05) is 5.56 Å². The van der Waals surface area contributed by atoms with Gasteiger partial charge in [-0.1, -0.05) is 6.08 Å². The van der Waals surface area contributed by atoms with Gasteiger partial charge < -0.3 is 14.9 Å². The van der Waals surface area contributed by atoms with Gasteiger partial charge >= 0.3 is 5.97 Å². The first-order valence-electron chi connectivity index (χ1n) is 4.93. The number of hydrogen-bond acceptors (Lipinski definition) is 3. The summed E-state index contributed by atoms with van der Waals surface area (Å²) in [5.41, 5.74) is 0.594. The van der Waals surface area contributed by atoms with Crippen molar-refractivity contribution in [1.82, 2.24) is 0 Å². The maximum atomic E-state index is 10.9. The molecule has 0 amide bonds. The molecule has 0 aliphatic heterocycles. The molecule has 0 atom stereocenters. The van der Waals surface area contributed by atoms with Crippen molar-refractivity contribution in [2.45, 2.75) is 13.3 Å². The van der Waals surface area contributed by atoms with Crippen LogP contribution >= 0.6 is 0 Å². The molecule has 1 aromatic carbocycles. The van der Waals surface area contributed by atoms with Gasteiger partial charge in [-0.3, -0.25) is 0 Å². The van der Waals surface area contributed by atoms with Crippen molar-refractivity contribution in [3.63, 3.8) is 0 Å². The molecule has 0 saturated carbocycles. The van der Waals surface area contributed by atoms with Crippen LogP contribution in [-0.2, 0) is 6.42 Å². The third-order valence-electron chi connectivity index (χ3n) is 2.06. The summed E-state index contributed by atoms with van der Waals surface area (Å²) in [6, 6.07) is 2.73. The number of phenolic OH excluding ortho intramolecular Hbond substituents is 1. The highest BCUT2D eigenvalue weighted by atomic mass is 16.5. The molecule has 0 aliphatic carbocycles. The Bertz CT molecular complexity index is 410. The number of rotatable bonds is 5. The van der Waals surface area contributed by atoms with Crippen molar-refractivity contribution in [2.75, 3.05) is 6.61 Å². The molecule has 4 nitrogen and oxygen atoms in total. The number of allylic oxidation sites excluding steroid dienone is 1. The number of carbonyl (C=O) groups is 1. The van der Waals surface area contributed by atoms with Crippen molar-refractivity contribution in [1.29, 1.82) is 0 Å². The van der Waals surface area contributed by atoms with Gasteiger partial charge in [-0.2, -0.15) is 0 Å². The Morgan fingerprint density at radius 2 is 2.25 bits per heavy atom. The maximum absolute atomic E-state index is 10.9. The topological polar surface area (TPSA) is 66.8 Å². The van der Waals surface area contributed by atoms with Crippen LogP contribution in [0.5, 0.6) is 11.5 Å². The first-order chi connectivity index (χ1) is 7.60. The maximum Gasteiger partial charge on any atom is 0.335 e. The third kappa shape index (κ3) is 2.53. The summed E-state index contributed by atoms with van der Waals surface area (Å²) >= 11 is 0. The largest absolute Gasteiger partial charge is 0.504 e. The van der Waals surface area contributed by atoms with E-state index in [1.54, 1.807) is 13.0 Å². The Morgan fingerprint density at radius 1 is 1.56 bits per heavy atom. The molecule has 1 rings (SSSR count). The van der Waals surface area contributed by atoms with Crippen molar-refractivity contribution in [2.24, 2.45) is 0 Å². The molecule has 0 heterocycles. The summed E-state index contributed by atoms with van der Waals surface area (Å²) in [5.74, 6) is -0.878. The van der Waals surface area contributed by atoms with Gasteiger partial charge in [0.1, 0.15) is 0 Å². The van der Waals surface area contributed by atoms with E-state index in [0.717, 1.165) is 0 Å². The van der Waals surface area contributed by atoms with Crippen molar-refractivity contribution in [3.05, 3.63) is 35.9 Å². The summed E-state index contributed by atoms with van der Waals surface area (Å²) < 4.78 is 5.17. The minimum absolute atomic E-state index is 0.0215. The summed E-state index contributed by atoms with van der Waals surface area (Å²) in [5, 5.41) is 18.7. The van der Waals surface area contributed by atoms with Gasteiger partial charge in [-0.25, -0.2) is 4.79 Å². The molecular weight excluding hydrogens is 208 g/mol. The number of carboxylic acid groups (broad SMARTS) is 1. The lowest BCUT2D eigenvalue weighted by molar-refractivity contribution is 0.0696. The van der Waals surface area contributed by atoms with E-state index < -0.39 is 5.97 Å². The highest BCUT2D eigenvalue weighted by Crippen LogP contribution is 2.32. The minimum atomic E-state index is -1.05. The lowest BCUT2D eigenvalue weighted by Gasteiger charge is -2.10. The highest BCUT2D eigenvalue weighted by Gasteiger charge is 2.13. The van der Waals surface area contributed by atoms with E-state index in [1.807, 2.05) is 0 Å². The molecule has 0 radical (unpaired) electrons. The van der Waals surface area contributed by atoms with Crippen molar-refractivity contribution in [3.8, 4) is 11.5 Å². The van der Waals surface area contributed by atoms with Gasteiger partial charge in [0.2, 0.25) is 0 Å². The number of carboxylic acids is 1. The fourth-order valence-corrected chi connectivity index (χ4v) is 1.37. The Kier molecular flexibility index (Phi) is 3.94. The predicted octanol–water partition coefficient (Wildman–Crippen LogP) is 2.22. The fraction of sp³-hybridized carbons (Fsp3) is 0.250. The van der Waals surface area contributed by atoms with Gasteiger partial charge in [-0.05, 0) is 25.5 Å². The summed E-state index contributed by atoms with van der Waals surface area (Å²) in [7, 11) is 0. The van der Waals surface area contributed by atoms with E-state index >= 15 is 0 Å². The van der Waals surface area contributed by atoms with Gasteiger partial charge in [0.15, 0.2) is 11.5 Å². The van der Waals surface area contributed by atoms with E-state index in [1.165, 1.54) is 12.1 Å². The minimum Gasteiger partial charge on any atom is -0.504 e. The first kappa shape index (κ1) is 12.1. The van der Waals surface area contributed by atoms with Crippen LogP contribution in [-0.4, -0.2) is 22.8 Å². The van der Waals surface area contributed by atoms with E-state index in [2.05, 4.69) is 6.58 Å². The molecular formula is C12H14O4. The van der Waals surface area contributed by atoms with Gasteiger partial charge in [-0.15, -0.1) is 6.58 Å². The van der Waals surface area contributed by atoms with Crippen LogP contribution in [0.25, 0.3) is 0 Å². The number of ether oxygens (including phenoxy) is 1. The molecule has 0 saturated heterocycles. The summed E-state index contributed by atoms with van der Waals surface area (Å²) in [6.07, 6.45) is 1.99. The summed E-state index contributed by atoms with van der Waals surface area (Å²) in [4.78, 5) is 10.9. The number of aromatic hydroxyl groups is 1. The first-order valence-corrected chi connectivity index (χ1v) is 4.93. The van der Waals surface area contributed by atoms with Gasteiger partial charge in [0.25, 0.3) is 0 Å². The molecule has 16 heavy (non-hydrogen) atoms. The van der Waals surface area contributed by atoms with Gasteiger partial charge in [0.05, 0.1) is 12.2 Å². The SMILES string of the molecule is C=CCc1cc(C(=O)O)cc(OCC)c1O. The lowest BCUT2D eigenvalue weighted by Crippen LogP contribution is -2.01. The molecule has 4 heteroatoms. The Balaban J connectivity index is 3.26. The van der Waals surface area contributed by atoms with Crippen LogP contribution in [0.4, 0.5) is 0 Å². The number of hydrogen-bond donors (Lipinski definition) is 2. The molecule has 0 fully saturated rings. The monoisotopic (exact) mass is 222 g/mol. The Morgan fingerprint density at radius 3 is 2.75 bits per heavy atom. The molecule has 86 valence electrons. The normalized spacial score (nSPS) is 9.81. The second kappa shape index (κ2) is 5.21. The molecule has 2 N–H and O–H groups in total. The van der Waals surface area contributed by atoms with E-state index in [0.29, 0.717) is 18.6 Å². The van der Waals surface area contributed by atoms with Crippen LogP contribution < -0.4 is 4.74 Å². The van der Waals surface area contributed by atoms with E-state index in [-0.39, 0.29) is 17.1 Å². The second-order valence-corrected chi connectivity index (χ2v) is 3.21. The lowest BCUT2D eigenvalue weighted by atomic mass is 10.1. The number of benzene rings is 1. The standard InChI is InChI=1S/C12H14O4/c1-3-5-8-6-9(12(14)15)7-10(11(8)13)16-4-2/h3,6-7,13H,1,4-5H2,2H3,(H,14,15). The van der Waals surface area contributed by atoms with Crippen molar-refractivity contribution < 1.29 is 19.7 Å². The number of phenols is 1. The zero-order valence-electron chi connectivity index (χ0n) is 9.06. The van der Waals surface area contributed by atoms with Crippen LogP contribution in [0.2, 0.25) is 0 Å². The highest BCUT2D eigenvalue weighted by molar-refractivity contribution is 5.89. The molecule has 0 bridgehead atoms. The van der Waals surface area contributed by atoms with Crippen LogP contribution in [0.1, 0.15) is 22.8 Å². The van der Waals surface area contributed by atoms with Crippen molar-refractivity contribution >= 4 is 5.97 Å². The zero-order valence-corrected chi connectivity index (χ0v) is 9.06. The molecule has 0 unspecified atom stereocenters. The molecule has 0 aromatic heterocycles. The quantitative estimate of drug-likeness (QED) is 0.749. The summed E-state index contributed by atoms with van der Waals surface area (Å²) in [6.45, 7) is 5.68. The average Bonchev–Trinajstić information content (AvgIpc) is 2.24. The average molecular weight is 222 g/mol. The third-order valence-corrected chi connectivity index (χ3v) is 2.06. The predicted molar refractivity (Wildman–Crippen MR) is 60.1 cm³/mol. The zero-order chi connectivity index (χ0) is 12.1. The second-order valence-electron chi connectivity index (χ2n) is 3.21. The molecule has 0 spiro atoms. The Hall–Kier alpha value is -1.97. The Labute approximate surface area is 93.8 Å². The van der Waals surface area contributed by atoms with Crippen LogP contribution in [0, 0.1) is 0 Å².